The molecule has 0 aliphatic heterocycles. The average Bonchev–Trinajstić information content (AvgIpc) is 3.15. The predicted molar refractivity (Wildman–Crippen MR) is 98.9 cm³/mol. The van der Waals surface area contributed by atoms with Gasteiger partial charge in [-0.2, -0.15) is 4.98 Å². The minimum Gasteiger partial charge on any atom is -0.508 e. The largest absolute Gasteiger partial charge is 0.508 e. The van der Waals surface area contributed by atoms with Crippen molar-refractivity contribution in [1.82, 2.24) is 10.1 Å². The first-order chi connectivity index (χ1) is 12.7. The molecule has 1 heterocycles. The van der Waals surface area contributed by atoms with Gasteiger partial charge >= 0.3 is 0 Å². The Balaban J connectivity index is 1.49. The smallest absolute Gasteiger partial charge is 0.258 e. The van der Waals surface area contributed by atoms with Crippen molar-refractivity contribution in [3.05, 3.63) is 60.2 Å². The number of phenolic OH excluding ortho intramolecular Hbond substituents is 1. The van der Waals surface area contributed by atoms with Crippen molar-refractivity contribution < 1.29 is 14.4 Å². The van der Waals surface area contributed by atoms with E-state index in [0.29, 0.717) is 11.7 Å². The van der Waals surface area contributed by atoms with Crippen molar-refractivity contribution in [2.45, 2.75) is 32.3 Å². The maximum atomic E-state index is 9.36. The van der Waals surface area contributed by atoms with Crippen molar-refractivity contribution in [3.63, 3.8) is 0 Å². The molecule has 132 valence electrons. The summed E-state index contributed by atoms with van der Waals surface area (Å²) < 4.78 is 11.4. The molecule has 1 atom stereocenters. The highest BCUT2D eigenvalue weighted by molar-refractivity contribution is 5.60. The van der Waals surface area contributed by atoms with Gasteiger partial charge in [0.1, 0.15) is 17.6 Å². The number of allylic oxidation sites excluding steroid dienone is 1. The molecule has 4 rings (SSSR count). The normalized spacial score (nSPS) is 17.0. The number of rotatable bonds is 4. The number of ether oxygens (including phenoxy) is 1. The molecule has 3 aromatic rings. The number of aromatic hydroxyl groups is 1. The number of nitrogens with zero attached hydrogens (tertiary/aromatic N) is 2. The maximum Gasteiger partial charge on any atom is 0.258 e. The molecule has 0 spiro atoms. The van der Waals surface area contributed by atoms with Crippen molar-refractivity contribution in [3.8, 4) is 34.3 Å². The number of phenols is 1. The van der Waals surface area contributed by atoms with Crippen molar-refractivity contribution in [2.75, 3.05) is 0 Å². The van der Waals surface area contributed by atoms with Crippen LogP contribution in [0.25, 0.3) is 22.8 Å². The number of benzene rings is 2. The average molecular weight is 348 g/mol. The number of hydrogen-bond acceptors (Lipinski definition) is 5. The first-order valence-electron chi connectivity index (χ1n) is 8.76. The van der Waals surface area contributed by atoms with E-state index < -0.39 is 0 Å². The molecular formula is C21H20N2O3. The van der Waals surface area contributed by atoms with E-state index in [2.05, 4.69) is 23.1 Å². The molecule has 1 aromatic heterocycles. The van der Waals surface area contributed by atoms with E-state index in [-0.39, 0.29) is 11.9 Å². The zero-order valence-corrected chi connectivity index (χ0v) is 14.6. The number of hydrogen-bond donors (Lipinski definition) is 1. The van der Waals surface area contributed by atoms with Crippen LogP contribution in [0, 0.1) is 0 Å². The second-order valence-corrected chi connectivity index (χ2v) is 6.48. The first-order valence-corrected chi connectivity index (χ1v) is 8.76. The van der Waals surface area contributed by atoms with Gasteiger partial charge in [0.05, 0.1) is 0 Å². The molecular weight excluding hydrogens is 328 g/mol. The van der Waals surface area contributed by atoms with Gasteiger partial charge in [-0.15, -0.1) is 0 Å². The molecule has 0 saturated heterocycles. The fourth-order valence-corrected chi connectivity index (χ4v) is 3.05. The Kier molecular flexibility index (Phi) is 4.44. The monoisotopic (exact) mass is 348 g/mol. The second-order valence-electron chi connectivity index (χ2n) is 6.48. The summed E-state index contributed by atoms with van der Waals surface area (Å²) in [5.41, 5.74) is 2.93. The molecule has 0 radical (unpaired) electrons. The van der Waals surface area contributed by atoms with E-state index in [4.69, 9.17) is 9.26 Å². The van der Waals surface area contributed by atoms with Crippen LogP contribution in [0.4, 0.5) is 0 Å². The van der Waals surface area contributed by atoms with Crippen LogP contribution in [0.15, 0.2) is 64.7 Å². The summed E-state index contributed by atoms with van der Waals surface area (Å²) in [7, 11) is 0. The first kappa shape index (κ1) is 16.4. The summed E-state index contributed by atoms with van der Waals surface area (Å²) in [5, 5.41) is 13.4. The zero-order valence-electron chi connectivity index (χ0n) is 14.6. The van der Waals surface area contributed by atoms with Gasteiger partial charge in [-0.05, 0) is 80.3 Å². The van der Waals surface area contributed by atoms with Crippen LogP contribution < -0.4 is 4.74 Å². The van der Waals surface area contributed by atoms with Crippen LogP contribution in [0.2, 0.25) is 0 Å². The van der Waals surface area contributed by atoms with Gasteiger partial charge in [-0.25, -0.2) is 0 Å². The molecule has 1 aliphatic rings. The lowest BCUT2D eigenvalue weighted by Crippen LogP contribution is -2.20. The van der Waals surface area contributed by atoms with Gasteiger partial charge in [-0.3, -0.25) is 0 Å². The van der Waals surface area contributed by atoms with Crippen LogP contribution in [0.3, 0.4) is 0 Å². The third-order valence-corrected chi connectivity index (χ3v) is 4.58. The van der Waals surface area contributed by atoms with Crippen LogP contribution in [0.5, 0.6) is 11.5 Å². The Hall–Kier alpha value is -3.08. The van der Waals surface area contributed by atoms with Crippen LogP contribution >= 0.6 is 0 Å². The Morgan fingerprint density at radius 3 is 2.50 bits per heavy atom. The van der Waals surface area contributed by atoms with Crippen molar-refractivity contribution >= 4 is 0 Å². The van der Waals surface area contributed by atoms with Crippen LogP contribution in [-0.4, -0.2) is 21.4 Å². The van der Waals surface area contributed by atoms with Gasteiger partial charge in [0.25, 0.3) is 5.89 Å². The molecule has 2 aromatic carbocycles. The lowest BCUT2D eigenvalue weighted by Gasteiger charge is -2.23. The summed E-state index contributed by atoms with van der Waals surface area (Å²) >= 11 is 0. The Labute approximate surface area is 151 Å². The molecule has 5 heteroatoms. The Morgan fingerprint density at radius 2 is 1.77 bits per heavy atom. The van der Waals surface area contributed by atoms with Crippen molar-refractivity contribution in [2.24, 2.45) is 0 Å². The predicted octanol–water partition coefficient (Wildman–Crippen LogP) is 4.99. The number of aromatic nitrogens is 2. The van der Waals surface area contributed by atoms with Gasteiger partial charge in [0, 0.05) is 11.1 Å². The van der Waals surface area contributed by atoms with E-state index >= 15 is 0 Å². The summed E-state index contributed by atoms with van der Waals surface area (Å²) in [6.07, 6.45) is 5.80. The molecule has 0 amide bonds. The lowest BCUT2D eigenvalue weighted by molar-refractivity contribution is 0.217. The zero-order chi connectivity index (χ0) is 17.9. The second kappa shape index (κ2) is 7.04. The fourth-order valence-electron chi connectivity index (χ4n) is 3.05. The van der Waals surface area contributed by atoms with Gasteiger partial charge < -0.3 is 14.4 Å². The molecule has 5 nitrogen and oxygen atoms in total. The Morgan fingerprint density at radius 1 is 1.04 bits per heavy atom. The lowest BCUT2D eigenvalue weighted by atomic mass is 9.98. The fraction of sp³-hybridized carbons (Fsp3) is 0.238. The minimum atomic E-state index is 0.167. The van der Waals surface area contributed by atoms with Crippen molar-refractivity contribution in [1.29, 1.82) is 0 Å². The molecule has 0 fully saturated rings. The molecule has 26 heavy (non-hydrogen) atoms. The minimum absolute atomic E-state index is 0.167. The van der Waals surface area contributed by atoms with E-state index in [1.54, 1.807) is 24.3 Å². The summed E-state index contributed by atoms with van der Waals surface area (Å²) in [6.45, 7) is 2.13. The Bertz CT molecular complexity index is 911. The highest BCUT2D eigenvalue weighted by Crippen LogP contribution is 2.27. The van der Waals surface area contributed by atoms with E-state index in [1.165, 1.54) is 12.0 Å². The van der Waals surface area contributed by atoms with Crippen LogP contribution in [-0.2, 0) is 0 Å². The summed E-state index contributed by atoms with van der Waals surface area (Å²) in [5.74, 6) is 1.99. The topological polar surface area (TPSA) is 68.4 Å². The quantitative estimate of drug-likeness (QED) is 0.673. The van der Waals surface area contributed by atoms with E-state index in [1.807, 2.05) is 24.3 Å². The van der Waals surface area contributed by atoms with E-state index in [9.17, 15) is 5.11 Å². The summed E-state index contributed by atoms with van der Waals surface area (Å²) in [4.78, 5) is 4.43. The van der Waals surface area contributed by atoms with E-state index in [0.717, 1.165) is 29.7 Å². The molecule has 0 saturated carbocycles. The maximum absolute atomic E-state index is 9.36. The molecule has 1 N–H and O–H groups in total. The van der Waals surface area contributed by atoms with Gasteiger partial charge in [0.15, 0.2) is 0 Å². The highest BCUT2D eigenvalue weighted by atomic mass is 16.5. The van der Waals surface area contributed by atoms with Gasteiger partial charge in [-0.1, -0.05) is 11.2 Å². The molecule has 0 bridgehead atoms. The third-order valence-electron chi connectivity index (χ3n) is 4.58. The van der Waals surface area contributed by atoms with Gasteiger partial charge in [0.2, 0.25) is 5.82 Å². The molecule has 1 aliphatic carbocycles. The third kappa shape index (κ3) is 3.47. The van der Waals surface area contributed by atoms with Crippen LogP contribution in [0.1, 0.15) is 26.2 Å². The highest BCUT2D eigenvalue weighted by Gasteiger charge is 2.16. The standard InChI is InChI=1S/C21H20N2O3/c1-14-4-2-3-5-19(14)25-18-12-8-15(9-13-18)20-22-21(26-23-20)16-6-10-17(24)11-7-16/h4,6-13,19,24H,2-3,5H2,1H3. The SMILES string of the molecule is CC1=CCCCC1Oc1ccc(-c2noc(-c3ccc(O)cc3)n2)cc1. The summed E-state index contributed by atoms with van der Waals surface area (Å²) in [6, 6.07) is 14.4. The molecule has 1 unspecified atom stereocenters.